The molecule has 0 amide bonds. The molecule has 1 aliphatic rings. The van der Waals surface area contributed by atoms with Crippen LogP contribution in [0.1, 0.15) is 17.7 Å². The Hall–Kier alpha value is -1.54. The van der Waals surface area contributed by atoms with Crippen molar-refractivity contribution in [1.29, 1.82) is 5.26 Å². The van der Waals surface area contributed by atoms with Crippen LogP contribution in [0.3, 0.4) is 0 Å². The van der Waals surface area contributed by atoms with Gasteiger partial charge in [0.1, 0.15) is 17.5 Å². The minimum absolute atomic E-state index is 0.285. The molecular formula is C10H14N4O. The topological polar surface area (TPSA) is 65.1 Å². The quantitative estimate of drug-likeness (QED) is 0.711. The van der Waals surface area contributed by atoms with Gasteiger partial charge in [0.05, 0.1) is 11.8 Å². The lowest BCUT2D eigenvalue weighted by Gasteiger charge is -2.17. The maximum absolute atomic E-state index is 9.47. The fraction of sp³-hybridized carbons (Fsp3) is 0.600. The van der Waals surface area contributed by atoms with E-state index in [1.165, 1.54) is 0 Å². The maximum Gasteiger partial charge on any atom is 0.145 e. The molecule has 1 atom stereocenters. The van der Waals surface area contributed by atoms with Crippen molar-refractivity contribution in [2.75, 3.05) is 18.0 Å². The van der Waals surface area contributed by atoms with E-state index in [4.69, 9.17) is 5.26 Å². The number of hydrogen-bond donors (Lipinski definition) is 1. The summed E-state index contributed by atoms with van der Waals surface area (Å²) in [5, 5.41) is 22.7. The van der Waals surface area contributed by atoms with Crippen molar-refractivity contribution in [3.63, 3.8) is 0 Å². The second-order valence-corrected chi connectivity index (χ2v) is 3.91. The van der Waals surface area contributed by atoms with Crippen molar-refractivity contribution in [1.82, 2.24) is 9.78 Å². The summed E-state index contributed by atoms with van der Waals surface area (Å²) >= 11 is 0. The lowest BCUT2D eigenvalue weighted by atomic mass is 10.2. The molecule has 1 fully saturated rings. The maximum atomic E-state index is 9.47. The highest BCUT2D eigenvalue weighted by atomic mass is 16.3. The molecule has 0 spiro atoms. The van der Waals surface area contributed by atoms with E-state index >= 15 is 0 Å². The SMILES string of the molecule is Cc1nn(C)c(N2CCC(O)C2)c1C#N. The van der Waals surface area contributed by atoms with Crippen LogP contribution in [0, 0.1) is 18.3 Å². The summed E-state index contributed by atoms with van der Waals surface area (Å²) < 4.78 is 1.71. The van der Waals surface area contributed by atoms with Crippen LogP contribution in [-0.4, -0.2) is 34.1 Å². The number of nitriles is 1. The van der Waals surface area contributed by atoms with E-state index in [0.717, 1.165) is 24.5 Å². The molecule has 5 heteroatoms. The number of β-amino-alcohol motifs (C(OH)–C–C–N with tert-alkyl or cyclic N) is 1. The first kappa shape index (κ1) is 9.99. The third kappa shape index (κ3) is 1.57. The van der Waals surface area contributed by atoms with Gasteiger partial charge in [0.15, 0.2) is 0 Å². The van der Waals surface area contributed by atoms with Gasteiger partial charge in [-0.15, -0.1) is 0 Å². The number of aliphatic hydroxyl groups excluding tert-OH is 1. The van der Waals surface area contributed by atoms with Crippen molar-refractivity contribution in [3.05, 3.63) is 11.3 Å². The zero-order valence-corrected chi connectivity index (χ0v) is 8.93. The molecule has 0 radical (unpaired) electrons. The van der Waals surface area contributed by atoms with Crippen LogP contribution in [0.5, 0.6) is 0 Å². The zero-order valence-electron chi connectivity index (χ0n) is 8.93. The highest BCUT2D eigenvalue weighted by Crippen LogP contribution is 2.25. The molecule has 0 bridgehead atoms. The second kappa shape index (κ2) is 3.55. The van der Waals surface area contributed by atoms with E-state index in [9.17, 15) is 5.11 Å². The summed E-state index contributed by atoms with van der Waals surface area (Å²) in [4.78, 5) is 2.02. The zero-order chi connectivity index (χ0) is 11.0. The Balaban J connectivity index is 2.39. The van der Waals surface area contributed by atoms with E-state index in [1.807, 2.05) is 18.9 Å². The van der Waals surface area contributed by atoms with Crippen molar-refractivity contribution in [2.45, 2.75) is 19.4 Å². The van der Waals surface area contributed by atoms with Gasteiger partial charge in [-0.1, -0.05) is 0 Å². The van der Waals surface area contributed by atoms with E-state index in [1.54, 1.807) is 4.68 Å². The van der Waals surface area contributed by atoms with Gasteiger partial charge in [0.25, 0.3) is 0 Å². The van der Waals surface area contributed by atoms with Crippen molar-refractivity contribution in [3.8, 4) is 6.07 Å². The third-order valence-electron chi connectivity index (χ3n) is 2.77. The number of nitrogens with zero attached hydrogens (tertiary/aromatic N) is 4. The first-order valence-corrected chi connectivity index (χ1v) is 5.00. The molecule has 1 N–H and O–H groups in total. The summed E-state index contributed by atoms with van der Waals surface area (Å²) in [5.41, 5.74) is 1.36. The standard InChI is InChI=1S/C10H14N4O/c1-7-9(5-11)10(13(2)12-7)14-4-3-8(15)6-14/h8,15H,3-4,6H2,1-2H3. The van der Waals surface area contributed by atoms with Crippen LogP contribution in [0.2, 0.25) is 0 Å². The highest BCUT2D eigenvalue weighted by Gasteiger charge is 2.26. The summed E-state index contributed by atoms with van der Waals surface area (Å²) in [6.07, 6.45) is 0.474. The van der Waals surface area contributed by atoms with E-state index in [2.05, 4.69) is 11.2 Å². The monoisotopic (exact) mass is 206 g/mol. The Morgan fingerprint density at radius 3 is 2.87 bits per heavy atom. The summed E-state index contributed by atoms with van der Waals surface area (Å²) in [5.74, 6) is 0.826. The molecule has 1 unspecified atom stereocenters. The Labute approximate surface area is 88.5 Å². The molecule has 5 nitrogen and oxygen atoms in total. The molecule has 80 valence electrons. The lowest BCUT2D eigenvalue weighted by Crippen LogP contribution is -2.24. The second-order valence-electron chi connectivity index (χ2n) is 3.91. The molecule has 1 saturated heterocycles. The number of rotatable bonds is 1. The minimum Gasteiger partial charge on any atom is -0.391 e. The first-order valence-electron chi connectivity index (χ1n) is 5.00. The van der Waals surface area contributed by atoms with Gasteiger partial charge in [-0.05, 0) is 13.3 Å². The largest absolute Gasteiger partial charge is 0.391 e. The van der Waals surface area contributed by atoms with Gasteiger partial charge in [-0.2, -0.15) is 10.4 Å². The van der Waals surface area contributed by atoms with Crippen molar-refractivity contribution < 1.29 is 5.11 Å². The normalized spacial score (nSPS) is 20.7. The Morgan fingerprint density at radius 1 is 1.60 bits per heavy atom. The van der Waals surface area contributed by atoms with E-state index in [-0.39, 0.29) is 6.10 Å². The van der Waals surface area contributed by atoms with Gasteiger partial charge in [0, 0.05) is 20.1 Å². The van der Waals surface area contributed by atoms with Crippen LogP contribution in [-0.2, 0) is 7.05 Å². The molecule has 1 aliphatic heterocycles. The minimum atomic E-state index is -0.285. The van der Waals surface area contributed by atoms with Crippen molar-refractivity contribution >= 4 is 5.82 Å². The molecule has 0 aromatic carbocycles. The Kier molecular flexibility index (Phi) is 2.37. The highest BCUT2D eigenvalue weighted by molar-refractivity contribution is 5.57. The lowest BCUT2D eigenvalue weighted by molar-refractivity contribution is 0.198. The molecule has 2 rings (SSSR count). The Morgan fingerprint density at radius 2 is 2.33 bits per heavy atom. The summed E-state index contributed by atoms with van der Waals surface area (Å²) in [6.45, 7) is 3.21. The first-order chi connectivity index (χ1) is 7.13. The number of aromatic nitrogens is 2. The van der Waals surface area contributed by atoms with Crippen LogP contribution in [0.15, 0.2) is 0 Å². The van der Waals surface area contributed by atoms with Gasteiger partial charge < -0.3 is 10.0 Å². The Bertz CT molecular complexity index is 418. The molecular weight excluding hydrogens is 192 g/mol. The number of anilines is 1. The van der Waals surface area contributed by atoms with Crippen LogP contribution >= 0.6 is 0 Å². The van der Waals surface area contributed by atoms with Crippen LogP contribution in [0.25, 0.3) is 0 Å². The number of aliphatic hydroxyl groups is 1. The smallest absolute Gasteiger partial charge is 0.145 e. The van der Waals surface area contributed by atoms with Crippen molar-refractivity contribution in [2.24, 2.45) is 7.05 Å². The summed E-state index contributed by atoms with van der Waals surface area (Å²) in [7, 11) is 1.83. The predicted octanol–water partition coefficient (Wildman–Crippen LogP) is 0.171. The van der Waals surface area contributed by atoms with Crippen LogP contribution in [0.4, 0.5) is 5.82 Å². The molecule has 1 aromatic heterocycles. The molecule has 15 heavy (non-hydrogen) atoms. The van der Waals surface area contributed by atoms with E-state index in [0.29, 0.717) is 12.1 Å². The van der Waals surface area contributed by atoms with E-state index < -0.39 is 0 Å². The van der Waals surface area contributed by atoms with Gasteiger partial charge >= 0.3 is 0 Å². The number of aryl methyl sites for hydroxylation is 2. The fourth-order valence-electron chi connectivity index (χ4n) is 2.07. The molecule has 0 saturated carbocycles. The molecule has 2 heterocycles. The van der Waals surface area contributed by atoms with Gasteiger partial charge in [-0.3, -0.25) is 4.68 Å². The predicted molar refractivity (Wildman–Crippen MR) is 55.5 cm³/mol. The summed E-state index contributed by atoms with van der Waals surface area (Å²) in [6, 6.07) is 2.17. The fourth-order valence-corrected chi connectivity index (χ4v) is 2.07. The van der Waals surface area contributed by atoms with Gasteiger partial charge in [-0.25, -0.2) is 0 Å². The van der Waals surface area contributed by atoms with Crippen LogP contribution < -0.4 is 4.90 Å². The third-order valence-corrected chi connectivity index (χ3v) is 2.77. The van der Waals surface area contributed by atoms with Gasteiger partial charge in [0.2, 0.25) is 0 Å². The molecule has 0 aliphatic carbocycles. The number of hydrogen-bond acceptors (Lipinski definition) is 4. The average Bonchev–Trinajstić information content (AvgIpc) is 2.70. The molecule has 1 aromatic rings. The average molecular weight is 206 g/mol.